The lowest BCUT2D eigenvalue weighted by Gasteiger charge is -2.39. The molecule has 4 N–H and O–H groups in total. The Morgan fingerprint density at radius 1 is 1.14 bits per heavy atom. The fraction of sp³-hybridized carbons (Fsp3) is 1.00. The maximum atomic E-state index is 5.56. The van der Waals surface area contributed by atoms with Gasteiger partial charge in [-0.1, -0.05) is 0 Å². The van der Waals surface area contributed by atoms with Gasteiger partial charge >= 0.3 is 0 Å². The van der Waals surface area contributed by atoms with Crippen molar-refractivity contribution in [3.8, 4) is 0 Å². The zero-order valence-electron chi connectivity index (χ0n) is 9.28. The second-order valence-electron chi connectivity index (χ2n) is 4.12. The van der Waals surface area contributed by atoms with E-state index in [-0.39, 0.29) is 0 Å². The summed E-state index contributed by atoms with van der Waals surface area (Å²) in [4.78, 5) is 4.98. The largest absolute Gasteiger partial charge is 0.330 e. The van der Waals surface area contributed by atoms with Crippen LogP contribution in [0.2, 0.25) is 0 Å². The van der Waals surface area contributed by atoms with Gasteiger partial charge in [0.2, 0.25) is 0 Å². The molecule has 1 fully saturated rings. The average molecular weight is 200 g/mol. The topological polar surface area (TPSA) is 58.5 Å². The Labute approximate surface area is 87.2 Å². The van der Waals surface area contributed by atoms with E-state index in [1.165, 1.54) is 13.1 Å². The Morgan fingerprint density at radius 3 is 2.50 bits per heavy atom. The van der Waals surface area contributed by atoms with E-state index in [0.29, 0.717) is 6.04 Å². The SMILES string of the molecule is CC1CN(CCCN)CCN1CCN. The predicted molar refractivity (Wildman–Crippen MR) is 60.2 cm³/mol. The molecule has 1 unspecified atom stereocenters. The second kappa shape index (κ2) is 6.35. The minimum Gasteiger partial charge on any atom is -0.330 e. The summed E-state index contributed by atoms with van der Waals surface area (Å²) in [5, 5.41) is 0. The van der Waals surface area contributed by atoms with Crippen molar-refractivity contribution in [2.45, 2.75) is 19.4 Å². The molecule has 0 radical (unpaired) electrons. The van der Waals surface area contributed by atoms with Crippen molar-refractivity contribution < 1.29 is 0 Å². The van der Waals surface area contributed by atoms with E-state index in [4.69, 9.17) is 11.5 Å². The molecule has 1 aliphatic rings. The minimum absolute atomic E-state index is 0.644. The van der Waals surface area contributed by atoms with Crippen molar-refractivity contribution in [3.63, 3.8) is 0 Å². The number of nitrogens with zero attached hydrogens (tertiary/aromatic N) is 2. The first kappa shape index (κ1) is 11.9. The van der Waals surface area contributed by atoms with Gasteiger partial charge in [-0.05, 0) is 26.4 Å². The highest BCUT2D eigenvalue weighted by Crippen LogP contribution is 2.08. The van der Waals surface area contributed by atoms with E-state index < -0.39 is 0 Å². The molecule has 4 nitrogen and oxygen atoms in total. The molecule has 0 aromatic rings. The van der Waals surface area contributed by atoms with Crippen molar-refractivity contribution in [3.05, 3.63) is 0 Å². The summed E-state index contributed by atoms with van der Waals surface area (Å²) in [6, 6.07) is 0.644. The normalized spacial score (nSPS) is 25.5. The van der Waals surface area contributed by atoms with E-state index in [1.54, 1.807) is 0 Å². The summed E-state index contributed by atoms with van der Waals surface area (Å²) in [6.45, 7) is 9.53. The lowest BCUT2D eigenvalue weighted by Crippen LogP contribution is -2.53. The molecule has 0 aliphatic carbocycles. The minimum atomic E-state index is 0.644. The maximum Gasteiger partial charge on any atom is 0.0195 e. The number of hydrogen-bond donors (Lipinski definition) is 2. The van der Waals surface area contributed by atoms with Crippen molar-refractivity contribution in [1.82, 2.24) is 9.80 Å². The standard InChI is InChI=1S/C10H24N4/c1-10-9-13(5-2-3-11)7-8-14(10)6-4-12/h10H,2-9,11-12H2,1H3. The Morgan fingerprint density at radius 2 is 1.93 bits per heavy atom. The Hall–Kier alpha value is -0.160. The Kier molecular flexibility index (Phi) is 5.40. The predicted octanol–water partition coefficient (Wildman–Crippen LogP) is -0.700. The third-order valence-electron chi connectivity index (χ3n) is 2.94. The summed E-state index contributed by atoms with van der Waals surface area (Å²) in [5.41, 5.74) is 11.1. The van der Waals surface area contributed by atoms with Gasteiger partial charge in [0.15, 0.2) is 0 Å². The van der Waals surface area contributed by atoms with Gasteiger partial charge < -0.3 is 16.4 Å². The van der Waals surface area contributed by atoms with E-state index >= 15 is 0 Å². The average Bonchev–Trinajstić information content (AvgIpc) is 2.19. The fourth-order valence-electron chi connectivity index (χ4n) is 2.09. The van der Waals surface area contributed by atoms with E-state index in [1.807, 2.05) is 0 Å². The van der Waals surface area contributed by atoms with Gasteiger partial charge in [-0.15, -0.1) is 0 Å². The van der Waals surface area contributed by atoms with Crippen LogP contribution in [0.4, 0.5) is 0 Å². The summed E-state index contributed by atoms with van der Waals surface area (Å²) < 4.78 is 0. The van der Waals surface area contributed by atoms with Crippen LogP contribution in [0.1, 0.15) is 13.3 Å². The lowest BCUT2D eigenvalue weighted by molar-refractivity contribution is 0.0858. The molecule has 4 heteroatoms. The molecule has 0 bridgehead atoms. The molecule has 1 aliphatic heterocycles. The maximum absolute atomic E-state index is 5.56. The van der Waals surface area contributed by atoms with Crippen LogP contribution in [-0.2, 0) is 0 Å². The molecular weight excluding hydrogens is 176 g/mol. The number of piperazine rings is 1. The first-order chi connectivity index (χ1) is 6.77. The molecule has 1 rings (SSSR count). The molecule has 14 heavy (non-hydrogen) atoms. The molecule has 0 saturated carbocycles. The van der Waals surface area contributed by atoms with Gasteiger partial charge in [0.25, 0.3) is 0 Å². The van der Waals surface area contributed by atoms with Crippen LogP contribution in [0, 0.1) is 0 Å². The summed E-state index contributed by atoms with van der Waals surface area (Å²) in [5.74, 6) is 0. The van der Waals surface area contributed by atoms with E-state index in [0.717, 1.165) is 39.1 Å². The van der Waals surface area contributed by atoms with Gasteiger partial charge in [-0.3, -0.25) is 4.90 Å². The number of nitrogens with two attached hydrogens (primary N) is 2. The number of hydrogen-bond acceptors (Lipinski definition) is 4. The summed E-state index contributed by atoms with van der Waals surface area (Å²) in [7, 11) is 0. The van der Waals surface area contributed by atoms with Crippen molar-refractivity contribution >= 4 is 0 Å². The molecule has 1 saturated heterocycles. The third-order valence-corrected chi connectivity index (χ3v) is 2.94. The van der Waals surface area contributed by atoms with E-state index in [2.05, 4.69) is 16.7 Å². The fourth-order valence-corrected chi connectivity index (χ4v) is 2.09. The molecule has 1 atom stereocenters. The molecule has 84 valence electrons. The lowest BCUT2D eigenvalue weighted by atomic mass is 10.2. The van der Waals surface area contributed by atoms with Crippen LogP contribution in [-0.4, -0.2) is 61.7 Å². The molecular formula is C10H24N4. The molecule has 0 amide bonds. The molecule has 0 aromatic heterocycles. The summed E-state index contributed by atoms with van der Waals surface area (Å²) in [6.07, 6.45) is 1.11. The van der Waals surface area contributed by atoms with Crippen molar-refractivity contribution in [2.75, 3.05) is 45.8 Å². The Bertz CT molecular complexity index is 151. The van der Waals surface area contributed by atoms with Gasteiger partial charge in [-0.2, -0.15) is 0 Å². The van der Waals surface area contributed by atoms with Crippen LogP contribution in [0.3, 0.4) is 0 Å². The summed E-state index contributed by atoms with van der Waals surface area (Å²) >= 11 is 0. The van der Waals surface area contributed by atoms with Gasteiger partial charge in [0, 0.05) is 38.8 Å². The molecule has 1 heterocycles. The highest BCUT2D eigenvalue weighted by molar-refractivity contribution is 4.79. The Balaban J connectivity index is 2.24. The first-order valence-corrected chi connectivity index (χ1v) is 5.64. The zero-order chi connectivity index (χ0) is 10.4. The highest BCUT2D eigenvalue weighted by atomic mass is 15.3. The van der Waals surface area contributed by atoms with Crippen LogP contribution in [0.25, 0.3) is 0 Å². The van der Waals surface area contributed by atoms with Crippen LogP contribution >= 0.6 is 0 Å². The van der Waals surface area contributed by atoms with Crippen LogP contribution < -0.4 is 11.5 Å². The zero-order valence-corrected chi connectivity index (χ0v) is 9.28. The molecule has 0 aromatic carbocycles. The highest BCUT2D eigenvalue weighted by Gasteiger charge is 2.21. The first-order valence-electron chi connectivity index (χ1n) is 5.64. The molecule has 0 spiro atoms. The van der Waals surface area contributed by atoms with Crippen molar-refractivity contribution in [1.29, 1.82) is 0 Å². The van der Waals surface area contributed by atoms with Crippen molar-refractivity contribution in [2.24, 2.45) is 11.5 Å². The van der Waals surface area contributed by atoms with Gasteiger partial charge in [0.1, 0.15) is 0 Å². The second-order valence-corrected chi connectivity index (χ2v) is 4.12. The van der Waals surface area contributed by atoms with Gasteiger partial charge in [-0.25, -0.2) is 0 Å². The quantitative estimate of drug-likeness (QED) is 0.616. The van der Waals surface area contributed by atoms with E-state index in [9.17, 15) is 0 Å². The van der Waals surface area contributed by atoms with Crippen LogP contribution in [0.5, 0.6) is 0 Å². The number of rotatable bonds is 5. The smallest absolute Gasteiger partial charge is 0.0195 e. The third kappa shape index (κ3) is 3.53. The monoisotopic (exact) mass is 200 g/mol. The van der Waals surface area contributed by atoms with Crippen LogP contribution in [0.15, 0.2) is 0 Å². The van der Waals surface area contributed by atoms with Gasteiger partial charge in [0.05, 0.1) is 0 Å².